The first-order chi connectivity index (χ1) is 12.8. The average Bonchev–Trinajstić information content (AvgIpc) is 3.22. The third-order valence-electron chi connectivity index (χ3n) is 4.95. The summed E-state index contributed by atoms with van der Waals surface area (Å²) in [6, 6.07) is 10.8. The van der Waals surface area contributed by atoms with Crippen molar-refractivity contribution in [2.24, 2.45) is 12.0 Å². The molecule has 128 valence electrons. The number of nitrogens with one attached hydrogen (secondary N) is 1. The smallest absolute Gasteiger partial charge is 0.0884 e. The number of aliphatic imine (C=N–C) groups is 1. The van der Waals surface area contributed by atoms with Crippen LogP contribution in [0.1, 0.15) is 23.2 Å². The van der Waals surface area contributed by atoms with Crippen molar-refractivity contribution in [1.29, 1.82) is 0 Å². The van der Waals surface area contributed by atoms with Gasteiger partial charge in [0.15, 0.2) is 0 Å². The lowest BCUT2D eigenvalue weighted by Gasteiger charge is -2.10. The average molecular weight is 341 g/mol. The Morgan fingerprint density at radius 3 is 2.88 bits per heavy atom. The summed E-state index contributed by atoms with van der Waals surface area (Å²) in [6.07, 6.45) is 9.78. The van der Waals surface area contributed by atoms with Gasteiger partial charge in [0.05, 0.1) is 17.6 Å². The molecule has 0 aliphatic carbocycles. The van der Waals surface area contributed by atoms with Gasteiger partial charge in [0, 0.05) is 54.2 Å². The lowest BCUT2D eigenvalue weighted by atomic mass is 9.94. The summed E-state index contributed by atoms with van der Waals surface area (Å²) in [5.74, 6) is 0. The van der Waals surface area contributed by atoms with Crippen molar-refractivity contribution >= 4 is 16.6 Å². The Kier molecular flexibility index (Phi) is 3.45. The second kappa shape index (κ2) is 5.95. The van der Waals surface area contributed by atoms with Crippen LogP contribution < -0.4 is 0 Å². The molecule has 1 aromatic carbocycles. The highest BCUT2D eigenvalue weighted by atomic mass is 15.2. The number of benzene rings is 1. The van der Waals surface area contributed by atoms with Crippen LogP contribution in [-0.2, 0) is 13.5 Å². The molecule has 0 atom stereocenters. The van der Waals surface area contributed by atoms with Crippen LogP contribution in [-0.4, -0.2) is 32.0 Å². The quantitative estimate of drug-likeness (QED) is 0.604. The number of rotatable bonds is 2. The summed E-state index contributed by atoms with van der Waals surface area (Å²) in [7, 11) is 1.94. The summed E-state index contributed by atoms with van der Waals surface area (Å²) in [5.41, 5.74) is 8.05. The van der Waals surface area contributed by atoms with Gasteiger partial charge in [-0.15, -0.1) is 0 Å². The standard InChI is InChI=1S/C21H19N5/c1-26-13-17(12-24-26)15-5-4-14-3-2-7-23-21(18(14)9-15)20-10-16-11-22-8-6-19(16)25-20/h4-6,8-13,25H,2-3,7H2,1H3. The fourth-order valence-corrected chi connectivity index (χ4v) is 3.64. The largest absolute Gasteiger partial charge is 0.353 e. The van der Waals surface area contributed by atoms with Gasteiger partial charge < -0.3 is 4.98 Å². The van der Waals surface area contributed by atoms with E-state index in [1.807, 2.05) is 42.6 Å². The van der Waals surface area contributed by atoms with Crippen molar-refractivity contribution in [2.45, 2.75) is 12.8 Å². The number of hydrogen-bond donors (Lipinski definition) is 1. The van der Waals surface area contributed by atoms with Gasteiger partial charge in [-0.25, -0.2) is 0 Å². The summed E-state index contributed by atoms with van der Waals surface area (Å²) >= 11 is 0. The van der Waals surface area contributed by atoms with Crippen molar-refractivity contribution in [3.8, 4) is 11.1 Å². The SMILES string of the molecule is Cn1cc(-c2ccc3c(c2)C(c2cc4cnccc4[nH]2)=NCCC3)cn1. The van der Waals surface area contributed by atoms with Crippen LogP contribution in [0.4, 0.5) is 0 Å². The van der Waals surface area contributed by atoms with E-state index in [4.69, 9.17) is 4.99 Å². The number of pyridine rings is 1. The van der Waals surface area contributed by atoms with Crippen molar-refractivity contribution in [2.75, 3.05) is 6.54 Å². The first-order valence-electron chi connectivity index (χ1n) is 8.88. The van der Waals surface area contributed by atoms with Crippen LogP contribution in [0, 0.1) is 0 Å². The minimum Gasteiger partial charge on any atom is -0.353 e. The Labute approximate surface area is 151 Å². The van der Waals surface area contributed by atoms with Crippen molar-refractivity contribution in [1.82, 2.24) is 19.7 Å². The number of aromatic nitrogens is 4. The highest BCUT2D eigenvalue weighted by molar-refractivity contribution is 6.15. The van der Waals surface area contributed by atoms with E-state index in [0.29, 0.717) is 0 Å². The molecule has 0 spiro atoms. The van der Waals surface area contributed by atoms with Crippen LogP contribution in [0.25, 0.3) is 22.0 Å². The summed E-state index contributed by atoms with van der Waals surface area (Å²) < 4.78 is 1.83. The fraction of sp³-hybridized carbons (Fsp3) is 0.190. The molecule has 0 saturated carbocycles. The zero-order chi connectivity index (χ0) is 17.5. The highest BCUT2D eigenvalue weighted by Gasteiger charge is 2.18. The van der Waals surface area contributed by atoms with Gasteiger partial charge in [-0.05, 0) is 42.2 Å². The monoisotopic (exact) mass is 341 g/mol. The van der Waals surface area contributed by atoms with Gasteiger partial charge in [-0.3, -0.25) is 14.7 Å². The number of H-pyrrole nitrogens is 1. The molecule has 0 fully saturated rings. The van der Waals surface area contributed by atoms with Gasteiger partial charge >= 0.3 is 0 Å². The molecular formula is C21H19N5. The lowest BCUT2D eigenvalue weighted by Crippen LogP contribution is -2.06. The summed E-state index contributed by atoms with van der Waals surface area (Å²) in [4.78, 5) is 12.6. The van der Waals surface area contributed by atoms with Crippen LogP contribution in [0.15, 0.2) is 60.1 Å². The Morgan fingerprint density at radius 1 is 1.08 bits per heavy atom. The molecule has 1 aliphatic heterocycles. The van der Waals surface area contributed by atoms with E-state index >= 15 is 0 Å². The molecule has 5 heteroatoms. The molecule has 1 N–H and O–H groups in total. The highest BCUT2D eigenvalue weighted by Crippen LogP contribution is 2.27. The van der Waals surface area contributed by atoms with Crippen LogP contribution >= 0.6 is 0 Å². The molecule has 0 saturated heterocycles. The number of hydrogen-bond acceptors (Lipinski definition) is 3. The Morgan fingerprint density at radius 2 is 2.04 bits per heavy atom. The molecule has 0 radical (unpaired) electrons. The van der Waals surface area contributed by atoms with Crippen molar-refractivity contribution in [3.05, 3.63) is 71.9 Å². The van der Waals surface area contributed by atoms with Gasteiger partial charge in [0.25, 0.3) is 0 Å². The van der Waals surface area contributed by atoms with E-state index in [1.54, 1.807) is 0 Å². The van der Waals surface area contributed by atoms with Crippen molar-refractivity contribution in [3.63, 3.8) is 0 Å². The third-order valence-corrected chi connectivity index (χ3v) is 4.95. The fourth-order valence-electron chi connectivity index (χ4n) is 3.64. The number of aromatic amines is 1. The second-order valence-corrected chi connectivity index (χ2v) is 6.75. The molecular weight excluding hydrogens is 322 g/mol. The van der Waals surface area contributed by atoms with Gasteiger partial charge in [-0.1, -0.05) is 12.1 Å². The first-order valence-corrected chi connectivity index (χ1v) is 8.88. The number of fused-ring (bicyclic) bond motifs is 2. The van der Waals surface area contributed by atoms with Crippen LogP contribution in [0.2, 0.25) is 0 Å². The zero-order valence-corrected chi connectivity index (χ0v) is 14.6. The van der Waals surface area contributed by atoms with E-state index in [9.17, 15) is 0 Å². The van der Waals surface area contributed by atoms with Gasteiger partial charge in [-0.2, -0.15) is 5.10 Å². The van der Waals surface area contributed by atoms with E-state index < -0.39 is 0 Å². The molecule has 0 unspecified atom stereocenters. The minimum atomic E-state index is 0.847. The Hall–Kier alpha value is -3.21. The predicted octanol–water partition coefficient (Wildman–Crippen LogP) is 3.75. The second-order valence-electron chi connectivity index (χ2n) is 6.75. The molecule has 5 nitrogen and oxygen atoms in total. The number of aryl methyl sites for hydroxylation is 2. The zero-order valence-electron chi connectivity index (χ0n) is 14.6. The molecule has 4 heterocycles. The predicted molar refractivity (Wildman–Crippen MR) is 104 cm³/mol. The molecule has 26 heavy (non-hydrogen) atoms. The molecule has 3 aromatic heterocycles. The first kappa shape index (κ1) is 15.1. The van der Waals surface area contributed by atoms with Gasteiger partial charge in [0.2, 0.25) is 0 Å². The van der Waals surface area contributed by atoms with E-state index in [-0.39, 0.29) is 0 Å². The molecule has 5 rings (SSSR count). The van der Waals surface area contributed by atoms with Crippen LogP contribution in [0.5, 0.6) is 0 Å². The normalized spacial score (nSPS) is 14.1. The maximum Gasteiger partial charge on any atom is 0.0884 e. The maximum atomic E-state index is 4.91. The molecule has 0 bridgehead atoms. The summed E-state index contributed by atoms with van der Waals surface area (Å²) in [6.45, 7) is 0.847. The Bertz CT molecular complexity index is 1100. The van der Waals surface area contributed by atoms with Gasteiger partial charge in [0.1, 0.15) is 0 Å². The molecule has 0 amide bonds. The Balaban J connectivity index is 1.66. The maximum absolute atomic E-state index is 4.91. The van der Waals surface area contributed by atoms with E-state index in [0.717, 1.165) is 47.3 Å². The van der Waals surface area contributed by atoms with E-state index in [2.05, 4.69) is 39.3 Å². The topological polar surface area (TPSA) is 58.9 Å². The summed E-state index contributed by atoms with van der Waals surface area (Å²) in [5, 5.41) is 5.41. The van der Waals surface area contributed by atoms with E-state index in [1.165, 1.54) is 16.7 Å². The third kappa shape index (κ3) is 2.52. The lowest BCUT2D eigenvalue weighted by molar-refractivity contribution is 0.768. The minimum absolute atomic E-state index is 0.847. The molecule has 1 aliphatic rings. The van der Waals surface area contributed by atoms with Crippen molar-refractivity contribution < 1.29 is 0 Å². The van der Waals surface area contributed by atoms with Crippen LogP contribution in [0.3, 0.4) is 0 Å². The number of nitrogens with zero attached hydrogens (tertiary/aromatic N) is 4. The molecule has 4 aromatic rings.